The van der Waals surface area contributed by atoms with E-state index in [1.54, 1.807) is 0 Å². The number of nitrogens with zero attached hydrogens (tertiary/aromatic N) is 1. The highest BCUT2D eigenvalue weighted by atomic mass is 35.5. The van der Waals surface area contributed by atoms with Crippen LogP contribution in [0.15, 0.2) is 12.1 Å². The fourth-order valence-corrected chi connectivity index (χ4v) is 3.49. The van der Waals surface area contributed by atoms with Gasteiger partial charge in [0.25, 0.3) is 0 Å². The molecule has 0 saturated carbocycles. The smallest absolute Gasteiger partial charge is 0.336 e. The molecule has 0 aliphatic heterocycles. The van der Waals surface area contributed by atoms with Gasteiger partial charge in [0.05, 0.1) is 16.1 Å². The van der Waals surface area contributed by atoms with Gasteiger partial charge in [0.2, 0.25) is 0 Å². The summed E-state index contributed by atoms with van der Waals surface area (Å²) in [5, 5.41) is 9.94. The van der Waals surface area contributed by atoms with Crippen LogP contribution >= 0.6 is 11.6 Å². The summed E-state index contributed by atoms with van der Waals surface area (Å²) in [7, 11) is 0. The van der Waals surface area contributed by atoms with Crippen LogP contribution in [0.3, 0.4) is 0 Å². The van der Waals surface area contributed by atoms with Gasteiger partial charge < -0.3 is 5.11 Å². The largest absolute Gasteiger partial charge is 0.478 e. The summed E-state index contributed by atoms with van der Waals surface area (Å²) in [5.74, 6) is -1.02. The Kier molecular flexibility index (Phi) is 3.36. The van der Waals surface area contributed by atoms with Crippen LogP contribution in [0, 0.1) is 11.7 Å². The fraction of sp³-hybridized carbons (Fsp3) is 0.375. The molecule has 0 saturated heterocycles. The Bertz CT molecular complexity index is 760. The second-order valence-corrected chi connectivity index (χ2v) is 6.29. The van der Waals surface area contributed by atoms with Gasteiger partial charge in [-0.2, -0.15) is 0 Å². The first-order valence-corrected chi connectivity index (χ1v) is 7.31. The Morgan fingerprint density at radius 3 is 2.81 bits per heavy atom. The molecular weight excluding hydrogens is 293 g/mol. The number of hydrogen-bond acceptors (Lipinski definition) is 2. The van der Waals surface area contributed by atoms with Crippen molar-refractivity contribution in [3.8, 4) is 0 Å². The van der Waals surface area contributed by atoms with Gasteiger partial charge >= 0.3 is 5.97 Å². The molecule has 0 amide bonds. The molecule has 0 spiro atoms. The number of aromatic carboxylic acids is 1. The van der Waals surface area contributed by atoms with Gasteiger partial charge in [0, 0.05) is 17.1 Å². The van der Waals surface area contributed by atoms with Gasteiger partial charge in [-0.15, -0.1) is 0 Å². The number of rotatable bonds is 1. The topological polar surface area (TPSA) is 50.2 Å². The number of pyridine rings is 1. The van der Waals surface area contributed by atoms with E-state index in [-0.39, 0.29) is 16.5 Å². The van der Waals surface area contributed by atoms with Gasteiger partial charge in [-0.05, 0) is 36.3 Å². The molecule has 0 radical (unpaired) electrons. The quantitative estimate of drug-likeness (QED) is 0.849. The Morgan fingerprint density at radius 1 is 1.43 bits per heavy atom. The van der Waals surface area contributed by atoms with Crippen LogP contribution in [-0.2, 0) is 6.42 Å². The molecule has 1 aromatic heterocycles. The lowest BCUT2D eigenvalue weighted by Gasteiger charge is -2.28. The Morgan fingerprint density at radius 2 is 2.14 bits per heavy atom. The average molecular weight is 308 g/mol. The van der Waals surface area contributed by atoms with E-state index in [0.717, 1.165) is 17.7 Å². The van der Waals surface area contributed by atoms with E-state index >= 15 is 0 Å². The number of halogens is 2. The molecular formula is C16H15ClFNO2. The van der Waals surface area contributed by atoms with E-state index in [0.29, 0.717) is 23.2 Å². The van der Waals surface area contributed by atoms with E-state index in [1.807, 2.05) is 6.92 Å². The molecule has 110 valence electrons. The SMILES string of the molecule is CC1Cc2c(nc3cc(F)c(Cl)cc3c2C(=O)O)C(C)C1. The van der Waals surface area contributed by atoms with Crippen molar-refractivity contribution in [2.75, 3.05) is 0 Å². The fourth-order valence-electron chi connectivity index (χ4n) is 3.32. The van der Waals surface area contributed by atoms with Gasteiger partial charge in [0.1, 0.15) is 5.82 Å². The zero-order chi connectivity index (χ0) is 15.3. The van der Waals surface area contributed by atoms with Crippen LogP contribution in [0.1, 0.15) is 47.8 Å². The van der Waals surface area contributed by atoms with E-state index in [9.17, 15) is 14.3 Å². The van der Waals surface area contributed by atoms with Gasteiger partial charge in [0.15, 0.2) is 0 Å². The maximum atomic E-state index is 13.7. The van der Waals surface area contributed by atoms with Crippen molar-refractivity contribution < 1.29 is 14.3 Å². The molecule has 21 heavy (non-hydrogen) atoms. The standard InChI is InChI=1S/C16H15ClFNO2/c1-7-3-8(2)15-10(4-7)14(16(20)21)9-5-11(17)12(18)6-13(9)19-15/h5-8H,3-4H2,1-2H3,(H,20,21). The zero-order valence-corrected chi connectivity index (χ0v) is 12.5. The summed E-state index contributed by atoms with van der Waals surface area (Å²) < 4.78 is 13.7. The van der Waals surface area contributed by atoms with Crippen molar-refractivity contribution in [2.24, 2.45) is 5.92 Å². The van der Waals surface area contributed by atoms with E-state index < -0.39 is 11.8 Å². The lowest BCUT2D eigenvalue weighted by molar-refractivity contribution is 0.0697. The maximum Gasteiger partial charge on any atom is 0.336 e. The van der Waals surface area contributed by atoms with Crippen LogP contribution in [-0.4, -0.2) is 16.1 Å². The third kappa shape index (κ3) is 2.27. The summed E-state index contributed by atoms with van der Waals surface area (Å²) in [6, 6.07) is 2.59. The van der Waals surface area contributed by atoms with Gasteiger partial charge in [-0.1, -0.05) is 25.4 Å². The van der Waals surface area contributed by atoms with E-state index in [1.165, 1.54) is 12.1 Å². The Hall–Kier alpha value is -1.68. The molecule has 3 rings (SSSR count). The molecule has 2 aromatic rings. The monoisotopic (exact) mass is 307 g/mol. The number of carbonyl (C=O) groups is 1. The summed E-state index contributed by atoms with van der Waals surface area (Å²) in [6.45, 7) is 4.14. The first-order valence-electron chi connectivity index (χ1n) is 6.93. The predicted molar refractivity (Wildman–Crippen MR) is 79.6 cm³/mol. The molecule has 3 nitrogen and oxygen atoms in total. The molecule has 2 atom stereocenters. The minimum absolute atomic E-state index is 0.0799. The summed E-state index contributed by atoms with van der Waals surface area (Å²) in [5.41, 5.74) is 2.12. The highest BCUT2D eigenvalue weighted by Crippen LogP contribution is 2.38. The average Bonchev–Trinajstić information content (AvgIpc) is 2.38. The highest BCUT2D eigenvalue weighted by molar-refractivity contribution is 6.31. The molecule has 1 aliphatic rings. The van der Waals surface area contributed by atoms with Crippen molar-refractivity contribution >= 4 is 28.5 Å². The minimum Gasteiger partial charge on any atom is -0.478 e. The summed E-state index contributed by atoms with van der Waals surface area (Å²) in [6.07, 6.45) is 1.64. The number of fused-ring (bicyclic) bond motifs is 2. The van der Waals surface area contributed by atoms with Crippen LogP contribution in [0.2, 0.25) is 5.02 Å². The van der Waals surface area contributed by atoms with Crippen molar-refractivity contribution in [2.45, 2.75) is 32.6 Å². The zero-order valence-electron chi connectivity index (χ0n) is 11.8. The van der Waals surface area contributed by atoms with E-state index in [2.05, 4.69) is 11.9 Å². The lowest BCUT2D eigenvalue weighted by atomic mass is 9.79. The Labute approximate surface area is 126 Å². The normalized spacial score (nSPS) is 21.3. The molecule has 0 fully saturated rings. The number of carboxylic acids is 1. The third-order valence-corrected chi connectivity index (χ3v) is 4.44. The van der Waals surface area contributed by atoms with Crippen molar-refractivity contribution in [3.63, 3.8) is 0 Å². The molecule has 0 bridgehead atoms. The molecule has 1 aromatic carbocycles. The third-order valence-electron chi connectivity index (χ3n) is 4.15. The Balaban J connectivity index is 2.42. The molecule has 1 heterocycles. The first-order chi connectivity index (χ1) is 9.88. The molecule has 1 aliphatic carbocycles. The van der Waals surface area contributed by atoms with Gasteiger partial charge in [-0.25, -0.2) is 9.18 Å². The second-order valence-electron chi connectivity index (χ2n) is 5.89. The number of hydrogen-bond donors (Lipinski definition) is 1. The maximum absolute atomic E-state index is 13.7. The molecule has 2 unspecified atom stereocenters. The summed E-state index contributed by atoms with van der Waals surface area (Å²) >= 11 is 5.81. The minimum atomic E-state index is -1.01. The molecule has 1 N–H and O–H groups in total. The van der Waals surface area contributed by atoms with Crippen LogP contribution in [0.4, 0.5) is 4.39 Å². The lowest BCUT2D eigenvalue weighted by Crippen LogP contribution is -2.20. The van der Waals surface area contributed by atoms with Crippen LogP contribution in [0.5, 0.6) is 0 Å². The molecule has 5 heteroatoms. The van der Waals surface area contributed by atoms with E-state index in [4.69, 9.17) is 11.6 Å². The summed E-state index contributed by atoms with van der Waals surface area (Å²) in [4.78, 5) is 16.2. The van der Waals surface area contributed by atoms with Gasteiger partial charge in [-0.3, -0.25) is 4.98 Å². The highest BCUT2D eigenvalue weighted by Gasteiger charge is 2.29. The van der Waals surface area contributed by atoms with Crippen molar-refractivity contribution in [1.82, 2.24) is 4.98 Å². The van der Waals surface area contributed by atoms with Crippen LogP contribution in [0.25, 0.3) is 10.9 Å². The van der Waals surface area contributed by atoms with Crippen LogP contribution < -0.4 is 0 Å². The second kappa shape index (κ2) is 4.95. The number of benzene rings is 1. The first kappa shape index (κ1) is 14.3. The number of aromatic nitrogens is 1. The van der Waals surface area contributed by atoms with Crippen molar-refractivity contribution in [1.29, 1.82) is 0 Å². The van der Waals surface area contributed by atoms with Crippen molar-refractivity contribution in [3.05, 3.63) is 39.8 Å². The predicted octanol–water partition coefficient (Wildman–Crippen LogP) is 4.41. The number of carboxylic acid groups (broad SMARTS) is 1.